The molecule has 0 saturated carbocycles. The molecule has 1 rings (SSSR count). The molecule has 2 heteroatoms. The topological polar surface area (TPSA) is 12.0 Å². The van der Waals surface area contributed by atoms with Gasteiger partial charge in [-0.1, -0.05) is 58.0 Å². The fourth-order valence-corrected chi connectivity index (χ4v) is 2.84. The Hall–Kier alpha value is -0.470. The molecule has 0 spiro atoms. The fraction of sp³-hybridized carbons (Fsp3) is 0.647. The largest absolute Gasteiger partial charge is 0.310 e. The van der Waals surface area contributed by atoms with E-state index in [-0.39, 0.29) is 0 Å². The average molecular weight is 279 g/mol. The van der Waals surface area contributed by atoms with Crippen LogP contribution in [0.3, 0.4) is 0 Å². The molecule has 1 aromatic carbocycles. The highest BCUT2D eigenvalue weighted by atomic mass is 32.2. The molecule has 1 atom stereocenters. The molecule has 0 aliphatic carbocycles. The first-order chi connectivity index (χ1) is 9.03. The van der Waals surface area contributed by atoms with Gasteiger partial charge in [0, 0.05) is 6.04 Å². The third-order valence-electron chi connectivity index (χ3n) is 3.08. The molecule has 0 amide bonds. The number of nitrogens with one attached hydrogen (secondary N) is 1. The van der Waals surface area contributed by atoms with Crippen LogP contribution < -0.4 is 5.32 Å². The summed E-state index contributed by atoms with van der Waals surface area (Å²) < 4.78 is 0. The molecule has 0 heterocycles. The lowest BCUT2D eigenvalue weighted by Gasteiger charge is -2.27. The summed E-state index contributed by atoms with van der Waals surface area (Å²) in [5.41, 5.74) is 1.77. The van der Waals surface area contributed by atoms with Crippen LogP contribution in [0.4, 0.5) is 0 Å². The maximum Gasteiger partial charge on any atom is 0.0325 e. The van der Waals surface area contributed by atoms with E-state index in [0.717, 1.165) is 6.54 Å². The monoisotopic (exact) mass is 279 g/mol. The lowest BCUT2D eigenvalue weighted by molar-refractivity contribution is 0.312. The summed E-state index contributed by atoms with van der Waals surface area (Å²) >= 11 is 2.03. The van der Waals surface area contributed by atoms with Crippen molar-refractivity contribution in [3.8, 4) is 0 Å². The second kappa shape index (κ2) is 8.65. The van der Waals surface area contributed by atoms with Gasteiger partial charge in [-0.15, -0.1) is 0 Å². The maximum atomic E-state index is 3.74. The summed E-state index contributed by atoms with van der Waals surface area (Å²) in [6.45, 7) is 10.3. The third-order valence-corrected chi connectivity index (χ3v) is 4.06. The van der Waals surface area contributed by atoms with Crippen molar-refractivity contribution in [2.75, 3.05) is 18.1 Å². The Morgan fingerprint density at radius 1 is 1.16 bits per heavy atom. The Kier molecular flexibility index (Phi) is 7.55. The molecule has 19 heavy (non-hydrogen) atoms. The minimum absolute atomic E-state index is 0.353. The van der Waals surface area contributed by atoms with Gasteiger partial charge in [0.25, 0.3) is 0 Å². The molecule has 0 saturated heterocycles. The van der Waals surface area contributed by atoms with Crippen LogP contribution in [0.2, 0.25) is 0 Å². The van der Waals surface area contributed by atoms with Crippen molar-refractivity contribution in [3.63, 3.8) is 0 Å². The van der Waals surface area contributed by atoms with Gasteiger partial charge in [0.15, 0.2) is 0 Å². The van der Waals surface area contributed by atoms with E-state index in [0.29, 0.717) is 11.5 Å². The van der Waals surface area contributed by atoms with Gasteiger partial charge in [0.1, 0.15) is 0 Å². The number of rotatable bonds is 8. The molecule has 0 bridgehead atoms. The summed E-state index contributed by atoms with van der Waals surface area (Å²) in [4.78, 5) is 0. The van der Waals surface area contributed by atoms with Gasteiger partial charge < -0.3 is 5.32 Å². The Balaban J connectivity index is 2.51. The average Bonchev–Trinajstić information content (AvgIpc) is 2.37. The normalized spacial score (nSPS) is 13.5. The first-order valence-corrected chi connectivity index (χ1v) is 8.54. The van der Waals surface area contributed by atoms with Gasteiger partial charge in [-0.3, -0.25) is 0 Å². The number of hydrogen-bond donors (Lipinski definition) is 1. The summed E-state index contributed by atoms with van der Waals surface area (Å²) in [6.07, 6.45) is 2.43. The van der Waals surface area contributed by atoms with E-state index in [1.165, 1.54) is 29.9 Å². The molecule has 1 nitrogen and oxygen atoms in total. The van der Waals surface area contributed by atoms with Gasteiger partial charge in [-0.05, 0) is 41.9 Å². The van der Waals surface area contributed by atoms with Crippen molar-refractivity contribution >= 4 is 11.8 Å². The molecule has 0 aliphatic heterocycles. The van der Waals surface area contributed by atoms with Crippen LogP contribution in [0.5, 0.6) is 0 Å². The number of thioether (sulfide) groups is 1. The summed E-state index contributed by atoms with van der Waals surface area (Å²) in [5, 5.41) is 3.74. The molecule has 0 fully saturated rings. The lowest BCUT2D eigenvalue weighted by atomic mass is 9.85. The van der Waals surface area contributed by atoms with E-state index in [2.05, 4.69) is 63.3 Å². The Morgan fingerprint density at radius 3 is 2.42 bits per heavy atom. The van der Waals surface area contributed by atoms with Crippen LogP contribution in [0.15, 0.2) is 30.3 Å². The van der Waals surface area contributed by atoms with Crippen molar-refractivity contribution < 1.29 is 0 Å². The van der Waals surface area contributed by atoms with Crippen LogP contribution in [-0.4, -0.2) is 18.1 Å². The Morgan fingerprint density at radius 2 is 1.84 bits per heavy atom. The van der Waals surface area contributed by atoms with Gasteiger partial charge in [-0.2, -0.15) is 11.8 Å². The molecule has 0 aliphatic rings. The van der Waals surface area contributed by atoms with E-state index in [1.54, 1.807) is 0 Å². The van der Waals surface area contributed by atoms with Crippen molar-refractivity contribution in [2.24, 2.45) is 5.41 Å². The first-order valence-electron chi connectivity index (χ1n) is 7.39. The second-order valence-electron chi connectivity index (χ2n) is 6.23. The van der Waals surface area contributed by atoms with Crippen LogP contribution in [0.1, 0.15) is 52.1 Å². The van der Waals surface area contributed by atoms with Crippen LogP contribution >= 0.6 is 11.8 Å². The molecule has 1 aromatic rings. The fourth-order valence-electron chi connectivity index (χ4n) is 2.20. The van der Waals surface area contributed by atoms with Crippen LogP contribution in [0, 0.1) is 5.41 Å². The zero-order chi connectivity index (χ0) is 14.1. The smallest absolute Gasteiger partial charge is 0.0325 e. The van der Waals surface area contributed by atoms with Crippen molar-refractivity contribution in [2.45, 2.75) is 46.6 Å². The minimum atomic E-state index is 0.353. The molecule has 1 N–H and O–H groups in total. The second-order valence-corrected chi connectivity index (χ2v) is 7.63. The molecule has 0 aromatic heterocycles. The maximum absolute atomic E-state index is 3.74. The zero-order valence-corrected chi connectivity index (χ0v) is 13.7. The molecular weight excluding hydrogens is 250 g/mol. The standard InChI is InChI=1S/C17H29NS/c1-5-19-13-9-12-18-16(14-17(2,3)4)15-10-7-6-8-11-15/h6-8,10-11,16,18H,5,9,12-14H2,1-4H3. The Bertz CT molecular complexity index is 329. The molecule has 0 radical (unpaired) electrons. The van der Waals surface area contributed by atoms with E-state index in [4.69, 9.17) is 0 Å². The van der Waals surface area contributed by atoms with Crippen LogP contribution in [-0.2, 0) is 0 Å². The van der Waals surface area contributed by atoms with E-state index < -0.39 is 0 Å². The first kappa shape index (κ1) is 16.6. The van der Waals surface area contributed by atoms with Gasteiger partial charge in [0.2, 0.25) is 0 Å². The van der Waals surface area contributed by atoms with Gasteiger partial charge >= 0.3 is 0 Å². The van der Waals surface area contributed by atoms with Crippen LogP contribution in [0.25, 0.3) is 0 Å². The highest BCUT2D eigenvalue weighted by molar-refractivity contribution is 7.99. The zero-order valence-electron chi connectivity index (χ0n) is 12.9. The van der Waals surface area contributed by atoms with E-state index in [1.807, 2.05) is 11.8 Å². The van der Waals surface area contributed by atoms with Gasteiger partial charge in [-0.25, -0.2) is 0 Å². The van der Waals surface area contributed by atoms with Crippen molar-refractivity contribution in [3.05, 3.63) is 35.9 Å². The Labute approximate surface area is 123 Å². The minimum Gasteiger partial charge on any atom is -0.310 e. The highest BCUT2D eigenvalue weighted by Gasteiger charge is 2.19. The highest BCUT2D eigenvalue weighted by Crippen LogP contribution is 2.29. The summed E-state index contributed by atoms with van der Waals surface area (Å²) in [7, 11) is 0. The lowest BCUT2D eigenvalue weighted by Crippen LogP contribution is -2.27. The van der Waals surface area contributed by atoms with E-state index in [9.17, 15) is 0 Å². The van der Waals surface area contributed by atoms with Crippen molar-refractivity contribution in [1.29, 1.82) is 0 Å². The third kappa shape index (κ3) is 7.64. The predicted molar refractivity (Wildman–Crippen MR) is 88.9 cm³/mol. The molecular formula is C17H29NS. The summed E-state index contributed by atoms with van der Waals surface area (Å²) in [6, 6.07) is 11.3. The molecule has 1 unspecified atom stereocenters. The number of hydrogen-bond acceptors (Lipinski definition) is 2. The van der Waals surface area contributed by atoms with Gasteiger partial charge in [0.05, 0.1) is 0 Å². The van der Waals surface area contributed by atoms with E-state index >= 15 is 0 Å². The summed E-state index contributed by atoms with van der Waals surface area (Å²) in [5.74, 6) is 2.49. The van der Waals surface area contributed by atoms with Crippen molar-refractivity contribution in [1.82, 2.24) is 5.32 Å². The number of benzene rings is 1. The molecule has 108 valence electrons. The SMILES string of the molecule is CCSCCCNC(CC(C)(C)C)c1ccccc1. The predicted octanol–water partition coefficient (Wildman–Crippen LogP) is 4.90. The quantitative estimate of drug-likeness (QED) is 0.679.